The minimum absolute atomic E-state index is 1.22. The number of hydrogen-bond donors (Lipinski definition) is 0. The van der Waals surface area contributed by atoms with Crippen molar-refractivity contribution in [3.05, 3.63) is 0 Å². The van der Waals surface area contributed by atoms with Gasteiger partial charge < -0.3 is 0 Å². The number of halogens is 7. The van der Waals surface area contributed by atoms with Crippen LogP contribution >= 0.6 is 23.5 Å². The van der Waals surface area contributed by atoms with E-state index in [2.05, 4.69) is 0 Å². The van der Waals surface area contributed by atoms with Gasteiger partial charge in [-0.25, -0.2) is 8.42 Å². The van der Waals surface area contributed by atoms with Gasteiger partial charge in [0, 0.05) is 0 Å². The lowest BCUT2D eigenvalue weighted by Gasteiger charge is -2.14. The minimum Gasteiger partial charge on any atom is -0.217 e. The summed E-state index contributed by atoms with van der Waals surface area (Å²) in [6.45, 7) is 0. The predicted octanol–water partition coefficient (Wildman–Crippen LogP) is 2.87. The Balaban J connectivity index is 3.07. The van der Waals surface area contributed by atoms with Gasteiger partial charge in [-0.2, -0.15) is 30.7 Å². The molecule has 0 unspecified atom stereocenters. The maximum absolute atomic E-state index is 12.5. The van der Waals surface area contributed by atoms with Crippen LogP contribution in [0.4, 0.5) is 30.7 Å². The molecule has 0 aromatic rings. The molecule has 0 aromatic heterocycles. The highest BCUT2D eigenvalue weighted by Crippen LogP contribution is 2.64. The third kappa shape index (κ3) is 2.10. The van der Waals surface area contributed by atoms with Crippen LogP contribution < -0.4 is 0 Å². The fraction of sp³-hybridized carbons (Fsp3) is 1.00. The molecule has 0 saturated carbocycles. The van der Waals surface area contributed by atoms with Crippen LogP contribution in [0, 0.1) is 0 Å². The van der Waals surface area contributed by atoms with Crippen LogP contribution in [0.15, 0.2) is 0 Å². The first-order valence-electron chi connectivity index (χ1n) is 3.23. The smallest absolute Gasteiger partial charge is 0.217 e. The van der Waals surface area contributed by atoms with Gasteiger partial charge in [-0.05, 0) is 23.5 Å². The molecule has 96 valence electrons. The Kier molecular flexibility index (Phi) is 3.18. The third-order valence-electron chi connectivity index (χ3n) is 1.40. The van der Waals surface area contributed by atoms with Gasteiger partial charge in [-0.1, -0.05) is 0 Å². The van der Waals surface area contributed by atoms with Crippen LogP contribution in [-0.2, 0) is 9.84 Å². The van der Waals surface area contributed by atoms with E-state index < -0.39 is 53.3 Å². The van der Waals surface area contributed by atoms with Gasteiger partial charge in [0.15, 0.2) is 3.91 Å². The van der Waals surface area contributed by atoms with E-state index in [1.165, 1.54) is 0 Å². The molecule has 1 aliphatic heterocycles. The highest BCUT2D eigenvalue weighted by molar-refractivity contribution is 8.33. The van der Waals surface area contributed by atoms with Crippen molar-refractivity contribution in [2.24, 2.45) is 0 Å². The van der Waals surface area contributed by atoms with E-state index >= 15 is 0 Å². The lowest BCUT2D eigenvalue weighted by molar-refractivity contribution is -0.0803. The Hall–Kier alpha value is 0.160. The molecule has 1 heterocycles. The highest BCUT2D eigenvalue weighted by atomic mass is 32.3. The molecule has 0 atom stereocenters. The molecule has 0 amide bonds. The fourth-order valence-corrected chi connectivity index (χ4v) is 5.21. The van der Waals surface area contributed by atoms with E-state index in [-0.39, 0.29) is 0 Å². The molecule has 1 aliphatic rings. The average molecular weight is 310 g/mol. The number of alkyl halides is 7. The first kappa shape index (κ1) is 14.2. The molecule has 0 N–H and O–H groups in total. The van der Waals surface area contributed by atoms with Crippen molar-refractivity contribution in [3.8, 4) is 0 Å². The molecule has 1 rings (SSSR count). The second-order valence-corrected chi connectivity index (χ2v) is 7.91. The lowest BCUT2D eigenvalue weighted by atomic mass is 10.7. The summed E-state index contributed by atoms with van der Waals surface area (Å²) in [7, 11) is -6.05. The van der Waals surface area contributed by atoms with Gasteiger partial charge in [0.1, 0.15) is 0 Å². The van der Waals surface area contributed by atoms with Crippen molar-refractivity contribution in [1.82, 2.24) is 0 Å². The van der Waals surface area contributed by atoms with Gasteiger partial charge >= 0.3 is 16.0 Å². The van der Waals surface area contributed by atoms with Gasteiger partial charge in [0.05, 0.1) is 0 Å². The lowest BCUT2D eigenvalue weighted by Crippen LogP contribution is -2.29. The Morgan fingerprint density at radius 3 is 1.50 bits per heavy atom. The topological polar surface area (TPSA) is 34.1 Å². The van der Waals surface area contributed by atoms with Crippen molar-refractivity contribution in [3.63, 3.8) is 0 Å². The first-order chi connectivity index (χ1) is 6.81. The molecular weight excluding hydrogens is 309 g/mol. The molecular formula is C4HF7O2S3. The first-order valence-corrected chi connectivity index (χ1v) is 6.53. The standard InChI is InChI=1S/C4HF7O2S3/c5-2(6)3(7,8)15-1(14-2)16(12,13)4(9,10)11/h1H. The van der Waals surface area contributed by atoms with E-state index in [4.69, 9.17) is 0 Å². The van der Waals surface area contributed by atoms with Crippen molar-refractivity contribution in [2.75, 3.05) is 0 Å². The molecule has 0 bridgehead atoms. The van der Waals surface area contributed by atoms with Crippen LogP contribution in [0.3, 0.4) is 0 Å². The summed E-state index contributed by atoms with van der Waals surface area (Å²) < 4.78 is 104. The Morgan fingerprint density at radius 1 is 0.938 bits per heavy atom. The Bertz CT molecular complexity index is 369. The van der Waals surface area contributed by atoms with Gasteiger partial charge in [-0.15, -0.1) is 0 Å². The third-order valence-corrected chi connectivity index (χ3v) is 6.85. The molecule has 0 spiro atoms. The largest absolute Gasteiger partial charge is 0.499 e. The molecule has 0 radical (unpaired) electrons. The normalized spacial score (nSPS) is 25.9. The van der Waals surface area contributed by atoms with Crippen LogP contribution in [0.25, 0.3) is 0 Å². The maximum Gasteiger partial charge on any atom is 0.499 e. The van der Waals surface area contributed by atoms with E-state index in [0.29, 0.717) is 0 Å². The maximum atomic E-state index is 12.5. The molecule has 0 aliphatic carbocycles. The summed E-state index contributed by atoms with van der Waals surface area (Å²) in [5.74, 6) is 0. The molecule has 16 heavy (non-hydrogen) atoms. The number of rotatable bonds is 1. The SMILES string of the molecule is O=S(=O)(C1SC(F)(F)C(F)(F)S1)C(F)(F)F. The summed E-state index contributed by atoms with van der Waals surface area (Å²) in [5, 5.41) is -9.69. The molecule has 1 saturated heterocycles. The summed E-state index contributed by atoms with van der Waals surface area (Å²) in [5.41, 5.74) is -5.84. The van der Waals surface area contributed by atoms with E-state index in [0.717, 1.165) is 0 Å². The number of sulfone groups is 1. The van der Waals surface area contributed by atoms with E-state index in [9.17, 15) is 39.2 Å². The summed E-state index contributed by atoms with van der Waals surface area (Å²) in [4.78, 5) is 0. The zero-order valence-corrected chi connectivity index (χ0v) is 9.21. The monoisotopic (exact) mass is 310 g/mol. The van der Waals surface area contributed by atoms with Crippen molar-refractivity contribution in [2.45, 2.75) is 19.9 Å². The Morgan fingerprint density at radius 2 is 1.25 bits per heavy atom. The second-order valence-electron chi connectivity index (χ2n) is 2.55. The minimum atomic E-state index is -6.05. The van der Waals surface area contributed by atoms with Crippen molar-refractivity contribution in [1.29, 1.82) is 0 Å². The van der Waals surface area contributed by atoms with Crippen LogP contribution in [0.5, 0.6) is 0 Å². The molecule has 2 nitrogen and oxygen atoms in total. The van der Waals surface area contributed by atoms with E-state index in [1.54, 1.807) is 0 Å². The predicted molar refractivity (Wildman–Crippen MR) is 43.8 cm³/mol. The second kappa shape index (κ2) is 3.57. The molecule has 1 fully saturated rings. The molecule has 0 aromatic carbocycles. The summed E-state index contributed by atoms with van der Waals surface area (Å²) >= 11 is -2.44. The van der Waals surface area contributed by atoms with Gasteiger partial charge in [0.2, 0.25) is 0 Å². The Labute approximate surface area is 92.9 Å². The van der Waals surface area contributed by atoms with Crippen LogP contribution in [0.2, 0.25) is 0 Å². The fourth-order valence-electron chi connectivity index (χ4n) is 0.639. The quantitative estimate of drug-likeness (QED) is 0.698. The van der Waals surface area contributed by atoms with Crippen LogP contribution in [0.1, 0.15) is 0 Å². The van der Waals surface area contributed by atoms with Gasteiger partial charge in [0.25, 0.3) is 9.84 Å². The van der Waals surface area contributed by atoms with E-state index in [1.807, 2.05) is 0 Å². The highest BCUT2D eigenvalue weighted by Gasteiger charge is 2.71. The van der Waals surface area contributed by atoms with Gasteiger partial charge in [-0.3, -0.25) is 0 Å². The number of hydrogen-bond acceptors (Lipinski definition) is 4. The zero-order valence-electron chi connectivity index (χ0n) is 6.76. The summed E-state index contributed by atoms with van der Waals surface area (Å²) in [6, 6.07) is 0. The van der Waals surface area contributed by atoms with Crippen molar-refractivity contribution >= 4 is 33.4 Å². The summed E-state index contributed by atoms with van der Waals surface area (Å²) in [6.07, 6.45) is 0. The average Bonchev–Trinajstić information content (AvgIpc) is 2.19. The van der Waals surface area contributed by atoms with Crippen LogP contribution in [-0.4, -0.2) is 28.3 Å². The van der Waals surface area contributed by atoms with Crippen molar-refractivity contribution < 1.29 is 39.2 Å². The number of thioether (sulfide) groups is 2. The molecule has 12 heteroatoms. The zero-order chi connectivity index (χ0) is 13.0.